The Morgan fingerprint density at radius 1 is 0.500 bits per heavy atom. The van der Waals surface area contributed by atoms with Crippen molar-refractivity contribution in [2.24, 2.45) is 0 Å². The van der Waals surface area contributed by atoms with Crippen molar-refractivity contribution in [3.8, 4) is 34.5 Å². The lowest BCUT2D eigenvalue weighted by Crippen LogP contribution is -2.01. The number of aromatic nitrogens is 8. The smallest absolute Gasteiger partial charge is 0.328 e. The van der Waals surface area contributed by atoms with Crippen molar-refractivity contribution in [2.75, 3.05) is 39.1 Å². The number of aromatic hydroxyl groups is 2. The molecule has 4 aromatic carbocycles. The van der Waals surface area contributed by atoms with E-state index < -0.39 is 0 Å². The Hall–Kier alpha value is -7.50. The molecule has 3 heterocycles. The van der Waals surface area contributed by atoms with Gasteiger partial charge in [0.25, 0.3) is 0 Å². The van der Waals surface area contributed by atoms with E-state index in [1.165, 1.54) is 40.6 Å². The zero-order chi connectivity index (χ0) is 36.2. The van der Waals surface area contributed by atoms with Gasteiger partial charge in [-0.25, -0.2) is 0 Å². The fraction of sp³-hybridized carbons (Fsp3) is 0.118. The Morgan fingerprint density at radius 2 is 0.885 bits per heavy atom. The van der Waals surface area contributed by atoms with Crippen molar-refractivity contribution in [1.29, 1.82) is 0 Å². The van der Waals surface area contributed by atoms with Gasteiger partial charge in [-0.05, 0) is 48.5 Å². The minimum atomic E-state index is -0.134. The van der Waals surface area contributed by atoms with Crippen LogP contribution in [0.5, 0.6) is 34.5 Å². The van der Waals surface area contributed by atoms with E-state index in [1.807, 2.05) is 0 Å². The average Bonchev–Trinajstić information content (AvgIpc) is 3.14. The first kappa shape index (κ1) is 33.0. The lowest BCUT2D eigenvalue weighted by molar-refractivity contribution is 0.413. The van der Waals surface area contributed by atoms with Crippen LogP contribution in [0.1, 0.15) is 0 Å². The van der Waals surface area contributed by atoms with Gasteiger partial charge in [0.15, 0.2) is 11.2 Å². The molecule has 264 valence electrons. The first-order chi connectivity index (χ1) is 25.3. The number of anilines is 4. The van der Waals surface area contributed by atoms with Gasteiger partial charge in [-0.3, -0.25) is 0 Å². The highest BCUT2D eigenvalue weighted by Crippen LogP contribution is 2.31. The summed E-state index contributed by atoms with van der Waals surface area (Å²) in [6, 6.07) is 19.3. The molecule has 4 bridgehead atoms. The molecule has 52 heavy (non-hydrogen) atoms. The van der Waals surface area contributed by atoms with Crippen LogP contribution in [0.15, 0.2) is 81.6 Å². The standard InChI is InChI=1S/C34H30N10O8/c1-47-17-5-9-25(45)21(13-17)35-29-39-31-37-23-15-19(49-3)8-12-28(23)52-34-42-30(36-22-14-18(48-2)6-10-26(22)46)40-32(44-34)38-24-16-20(50-4)7-11-27(24)51-33(41-29)43-31/h5-16,45-46H,1-4H3,(H2,35,37,39,41,43)(H2,36,38,40,42,44). The molecule has 0 unspecified atom stereocenters. The summed E-state index contributed by atoms with van der Waals surface area (Å²) in [7, 11) is 6.06. The molecule has 0 atom stereocenters. The fourth-order valence-corrected chi connectivity index (χ4v) is 4.84. The Labute approximate surface area is 292 Å². The molecule has 3 aromatic heterocycles. The number of methoxy groups -OCH3 is 4. The van der Waals surface area contributed by atoms with E-state index >= 15 is 0 Å². The third kappa shape index (κ3) is 7.25. The van der Waals surface area contributed by atoms with Gasteiger partial charge in [0.2, 0.25) is 23.5 Å². The molecule has 18 heteroatoms. The fourth-order valence-electron chi connectivity index (χ4n) is 4.84. The van der Waals surface area contributed by atoms with Crippen molar-refractivity contribution in [1.82, 2.24) is 39.9 Å². The predicted molar refractivity (Wildman–Crippen MR) is 190 cm³/mol. The SMILES string of the molecule is COc1ccc(O)c(Nc2nc3nc(n2)oc2ccc(OC)cc2[nH]c2nc(Nc4cc(OC)ccc4O)nc(n2)oc2ccc(OC)cc2[nH]3)c1. The van der Waals surface area contributed by atoms with E-state index in [4.69, 9.17) is 27.8 Å². The Bertz CT molecular complexity index is 2420. The summed E-state index contributed by atoms with van der Waals surface area (Å²) in [5.41, 5.74) is 1.72. The third-order valence-corrected chi connectivity index (χ3v) is 7.40. The minimum Gasteiger partial charge on any atom is -0.506 e. The zero-order valence-corrected chi connectivity index (χ0v) is 28.0. The van der Waals surface area contributed by atoms with Crippen LogP contribution in [-0.2, 0) is 0 Å². The summed E-state index contributed by atoms with van der Waals surface area (Å²) < 4.78 is 34.0. The maximum atomic E-state index is 10.6. The number of phenolic OH excluding ortho intramolecular Hbond substituents is 2. The lowest BCUT2D eigenvalue weighted by Gasteiger charge is -2.09. The van der Waals surface area contributed by atoms with Gasteiger partial charge < -0.3 is 58.6 Å². The highest BCUT2D eigenvalue weighted by molar-refractivity contribution is 5.77. The molecular formula is C34H30N10O8. The van der Waals surface area contributed by atoms with Crippen LogP contribution in [0.4, 0.5) is 23.3 Å². The molecule has 0 saturated carbocycles. The van der Waals surface area contributed by atoms with Crippen LogP contribution in [0.25, 0.3) is 45.4 Å². The molecule has 0 amide bonds. The van der Waals surface area contributed by atoms with E-state index in [9.17, 15) is 10.2 Å². The third-order valence-electron chi connectivity index (χ3n) is 7.40. The number of nitrogens with zero attached hydrogens (tertiary/aromatic N) is 6. The number of fused-ring (bicyclic) bond motifs is 6. The number of aromatic amines is 2. The van der Waals surface area contributed by atoms with Crippen LogP contribution in [0.2, 0.25) is 0 Å². The monoisotopic (exact) mass is 706 g/mol. The first-order valence-electron chi connectivity index (χ1n) is 15.3. The highest BCUT2D eigenvalue weighted by atomic mass is 16.5. The van der Waals surface area contributed by atoms with Crippen LogP contribution < -0.4 is 29.6 Å². The molecule has 0 saturated heterocycles. The largest absolute Gasteiger partial charge is 0.506 e. The van der Waals surface area contributed by atoms with Crippen molar-refractivity contribution >= 4 is 68.7 Å². The van der Waals surface area contributed by atoms with Crippen molar-refractivity contribution in [2.45, 2.75) is 0 Å². The molecule has 7 aromatic rings. The van der Waals surface area contributed by atoms with E-state index in [0.717, 1.165) is 0 Å². The summed E-state index contributed by atoms with van der Waals surface area (Å²) in [4.78, 5) is 33.2. The van der Waals surface area contributed by atoms with Gasteiger partial charge in [0.05, 0.1) is 50.8 Å². The molecule has 6 N–H and O–H groups in total. The van der Waals surface area contributed by atoms with Crippen molar-refractivity contribution in [3.63, 3.8) is 0 Å². The number of H-pyrrole nitrogens is 2. The number of rotatable bonds is 8. The van der Waals surface area contributed by atoms with Gasteiger partial charge in [0, 0.05) is 24.3 Å². The summed E-state index contributed by atoms with van der Waals surface area (Å²) in [6.45, 7) is 0. The second kappa shape index (κ2) is 14.2. The highest BCUT2D eigenvalue weighted by Gasteiger charge is 2.11. The molecule has 0 aliphatic carbocycles. The quantitative estimate of drug-likeness (QED) is 0.0957. The predicted octanol–water partition coefficient (Wildman–Crippen LogP) is 6.26. The second-order valence-electron chi connectivity index (χ2n) is 10.7. The topological polar surface area (TPSA) is 237 Å². The maximum absolute atomic E-state index is 10.6. The molecular weight excluding hydrogens is 676 g/mol. The number of benzene rings is 4. The van der Waals surface area contributed by atoms with Crippen molar-refractivity contribution in [3.05, 3.63) is 72.8 Å². The first-order valence-corrected chi connectivity index (χ1v) is 15.3. The average molecular weight is 707 g/mol. The minimum absolute atomic E-state index is 0.0169. The van der Waals surface area contributed by atoms with E-state index in [1.54, 1.807) is 60.7 Å². The maximum Gasteiger partial charge on any atom is 0.328 e. The number of ether oxygens (including phenoxy) is 4. The van der Waals surface area contributed by atoms with Gasteiger partial charge in [-0.2, -0.15) is 29.9 Å². The number of hydrogen-bond acceptors (Lipinski definition) is 16. The number of hydrogen-bond donors (Lipinski definition) is 6. The molecule has 7 rings (SSSR count). The number of phenols is 2. The summed E-state index contributed by atoms with van der Waals surface area (Å²) >= 11 is 0. The van der Waals surface area contributed by atoms with Crippen LogP contribution >= 0.6 is 0 Å². The molecule has 0 radical (unpaired) electrons. The lowest BCUT2D eigenvalue weighted by atomic mass is 10.3. The Kier molecular flexibility index (Phi) is 8.99. The zero-order valence-electron chi connectivity index (χ0n) is 28.0. The van der Waals surface area contributed by atoms with E-state index in [-0.39, 0.29) is 69.2 Å². The van der Waals surface area contributed by atoms with Gasteiger partial charge in [0.1, 0.15) is 34.5 Å². The second-order valence-corrected chi connectivity index (χ2v) is 10.7. The Morgan fingerprint density at radius 3 is 1.29 bits per heavy atom. The molecule has 0 aliphatic rings. The molecule has 0 aliphatic heterocycles. The summed E-state index contributed by atoms with van der Waals surface area (Å²) in [5, 5.41) is 27.1. The van der Waals surface area contributed by atoms with E-state index in [2.05, 4.69) is 50.5 Å². The van der Waals surface area contributed by atoms with Crippen molar-refractivity contribution < 1.29 is 38.0 Å². The summed E-state index contributed by atoms with van der Waals surface area (Å²) in [6.07, 6.45) is 0. The van der Waals surface area contributed by atoms with Crippen LogP contribution in [0.3, 0.4) is 0 Å². The molecule has 0 spiro atoms. The van der Waals surface area contributed by atoms with E-state index in [0.29, 0.717) is 34.0 Å². The molecule has 18 nitrogen and oxygen atoms in total. The van der Waals surface area contributed by atoms with Crippen LogP contribution in [0, 0.1) is 0 Å². The molecule has 0 fully saturated rings. The van der Waals surface area contributed by atoms with Gasteiger partial charge in [-0.15, -0.1) is 0 Å². The van der Waals surface area contributed by atoms with Gasteiger partial charge >= 0.3 is 11.7 Å². The Balaban J connectivity index is 1.54. The normalized spacial score (nSPS) is 10.8. The summed E-state index contributed by atoms with van der Waals surface area (Å²) in [5.74, 6) is 1.62. The number of nitrogens with one attached hydrogen (secondary N) is 4. The van der Waals surface area contributed by atoms with Gasteiger partial charge in [-0.1, -0.05) is 0 Å². The van der Waals surface area contributed by atoms with Crippen LogP contribution in [-0.4, -0.2) is 78.5 Å².